The summed E-state index contributed by atoms with van der Waals surface area (Å²) in [7, 11) is 0. The minimum Gasteiger partial charge on any atom is -0.278 e. The fourth-order valence-electron chi connectivity index (χ4n) is 1.53. The number of hydrazone groups is 1. The summed E-state index contributed by atoms with van der Waals surface area (Å²) < 4.78 is 0. The number of nitro groups is 1. The highest BCUT2D eigenvalue weighted by atomic mass is 32.2. The van der Waals surface area contributed by atoms with E-state index in [0.717, 1.165) is 5.56 Å². The number of nitro benzene ring substituents is 1. The molecule has 0 aromatic heterocycles. The smallest absolute Gasteiger partial charge is 0.269 e. The second kappa shape index (κ2) is 6.72. The molecule has 1 N–H and O–H groups in total. The Labute approximate surface area is 120 Å². The number of thioether (sulfide) groups is 1. The van der Waals surface area contributed by atoms with Crippen LogP contribution < -0.4 is 5.43 Å². The number of nitrogens with zero attached hydrogens (tertiary/aromatic N) is 2. The summed E-state index contributed by atoms with van der Waals surface area (Å²) >= 11 is 1.69. The average Bonchev–Trinajstić information content (AvgIpc) is 2.48. The molecule has 0 amide bonds. The zero-order chi connectivity index (χ0) is 14.4. The van der Waals surface area contributed by atoms with Crippen molar-refractivity contribution in [3.8, 4) is 0 Å². The molecular formula is C14H13N3O2S. The molecule has 102 valence electrons. The Morgan fingerprint density at radius 1 is 1.15 bits per heavy atom. The van der Waals surface area contributed by atoms with Crippen molar-refractivity contribution in [3.63, 3.8) is 0 Å². The normalized spacial score (nSPS) is 10.7. The SMILES string of the molecule is CSc1ccc(/C=N\Nc2ccc([N+](=O)[O-])cc2)cc1. The van der Waals surface area contributed by atoms with E-state index in [9.17, 15) is 10.1 Å². The molecule has 0 saturated heterocycles. The highest BCUT2D eigenvalue weighted by Crippen LogP contribution is 2.16. The van der Waals surface area contributed by atoms with Gasteiger partial charge < -0.3 is 0 Å². The van der Waals surface area contributed by atoms with E-state index in [1.165, 1.54) is 17.0 Å². The van der Waals surface area contributed by atoms with Crippen LogP contribution in [0, 0.1) is 10.1 Å². The van der Waals surface area contributed by atoms with E-state index in [1.807, 2.05) is 30.5 Å². The lowest BCUT2D eigenvalue weighted by atomic mass is 10.2. The molecule has 2 aromatic rings. The molecule has 0 heterocycles. The summed E-state index contributed by atoms with van der Waals surface area (Å²) in [6, 6.07) is 14.1. The maximum Gasteiger partial charge on any atom is 0.269 e. The summed E-state index contributed by atoms with van der Waals surface area (Å²) in [6.45, 7) is 0. The second-order valence-corrected chi connectivity index (χ2v) is 4.83. The van der Waals surface area contributed by atoms with Crippen molar-refractivity contribution in [1.29, 1.82) is 0 Å². The monoisotopic (exact) mass is 287 g/mol. The number of non-ortho nitro benzene ring substituents is 1. The van der Waals surface area contributed by atoms with Gasteiger partial charge in [-0.1, -0.05) is 12.1 Å². The standard InChI is InChI=1S/C14H13N3O2S/c1-20-14-8-2-11(3-9-14)10-15-16-12-4-6-13(7-5-12)17(18)19/h2-10,16H,1H3/b15-10-. The lowest BCUT2D eigenvalue weighted by molar-refractivity contribution is -0.384. The van der Waals surface area contributed by atoms with E-state index in [0.29, 0.717) is 5.69 Å². The predicted octanol–water partition coefficient (Wildman–Crippen LogP) is 3.76. The molecule has 0 aliphatic rings. The minimum absolute atomic E-state index is 0.0622. The first kappa shape index (κ1) is 14.1. The Morgan fingerprint density at radius 2 is 1.80 bits per heavy atom. The Morgan fingerprint density at radius 3 is 2.35 bits per heavy atom. The highest BCUT2D eigenvalue weighted by Gasteiger charge is 2.02. The molecule has 0 aliphatic heterocycles. The van der Waals surface area contributed by atoms with Crippen molar-refractivity contribution in [2.45, 2.75) is 4.90 Å². The summed E-state index contributed by atoms with van der Waals surface area (Å²) in [5, 5.41) is 14.6. The van der Waals surface area contributed by atoms with Gasteiger partial charge in [0, 0.05) is 17.0 Å². The maximum absolute atomic E-state index is 10.5. The fourth-order valence-corrected chi connectivity index (χ4v) is 1.94. The van der Waals surface area contributed by atoms with E-state index < -0.39 is 4.92 Å². The zero-order valence-corrected chi connectivity index (χ0v) is 11.6. The molecule has 6 heteroatoms. The minimum atomic E-state index is -0.430. The first-order valence-corrected chi connectivity index (χ1v) is 7.09. The van der Waals surface area contributed by atoms with Crippen LogP contribution in [0.15, 0.2) is 58.5 Å². The molecule has 0 unspecified atom stereocenters. The summed E-state index contributed by atoms with van der Waals surface area (Å²) in [5.74, 6) is 0. The van der Waals surface area contributed by atoms with Crippen LogP contribution in [0.25, 0.3) is 0 Å². The molecular weight excluding hydrogens is 274 g/mol. The number of hydrogen-bond donors (Lipinski definition) is 1. The van der Waals surface area contributed by atoms with Crippen LogP contribution in [0.1, 0.15) is 5.56 Å². The molecule has 2 rings (SSSR count). The van der Waals surface area contributed by atoms with Crippen LogP contribution in [0.5, 0.6) is 0 Å². The van der Waals surface area contributed by atoms with Gasteiger partial charge in [-0.25, -0.2) is 0 Å². The van der Waals surface area contributed by atoms with Gasteiger partial charge in [-0.3, -0.25) is 15.5 Å². The molecule has 0 spiro atoms. The van der Waals surface area contributed by atoms with Crippen LogP contribution in [0.2, 0.25) is 0 Å². The third kappa shape index (κ3) is 3.83. The van der Waals surface area contributed by atoms with Crippen molar-refractivity contribution in [2.75, 3.05) is 11.7 Å². The van der Waals surface area contributed by atoms with Gasteiger partial charge >= 0.3 is 0 Å². The molecule has 0 bridgehead atoms. The molecule has 0 radical (unpaired) electrons. The molecule has 0 atom stereocenters. The fraction of sp³-hybridized carbons (Fsp3) is 0.0714. The Bertz CT molecular complexity index is 609. The molecule has 2 aromatic carbocycles. The summed E-state index contributed by atoms with van der Waals surface area (Å²) in [5.41, 5.74) is 4.58. The Kier molecular flexibility index (Phi) is 4.73. The Hall–Kier alpha value is -2.34. The zero-order valence-electron chi connectivity index (χ0n) is 10.8. The predicted molar refractivity (Wildman–Crippen MR) is 82.5 cm³/mol. The number of rotatable bonds is 5. The molecule has 20 heavy (non-hydrogen) atoms. The second-order valence-electron chi connectivity index (χ2n) is 3.95. The van der Waals surface area contributed by atoms with Crippen LogP contribution in [0.3, 0.4) is 0 Å². The van der Waals surface area contributed by atoms with E-state index in [-0.39, 0.29) is 5.69 Å². The van der Waals surface area contributed by atoms with Gasteiger partial charge in [0.1, 0.15) is 0 Å². The van der Waals surface area contributed by atoms with Crippen molar-refractivity contribution in [3.05, 3.63) is 64.2 Å². The first-order chi connectivity index (χ1) is 9.69. The highest BCUT2D eigenvalue weighted by molar-refractivity contribution is 7.98. The topological polar surface area (TPSA) is 67.5 Å². The average molecular weight is 287 g/mol. The summed E-state index contributed by atoms with van der Waals surface area (Å²) in [6.07, 6.45) is 3.73. The largest absolute Gasteiger partial charge is 0.278 e. The molecule has 0 aliphatic carbocycles. The van der Waals surface area contributed by atoms with E-state index in [1.54, 1.807) is 30.1 Å². The van der Waals surface area contributed by atoms with Gasteiger partial charge in [0.25, 0.3) is 5.69 Å². The molecule has 0 fully saturated rings. The van der Waals surface area contributed by atoms with Crippen molar-refractivity contribution < 1.29 is 4.92 Å². The number of benzene rings is 2. The molecule has 0 saturated carbocycles. The van der Waals surface area contributed by atoms with Crippen molar-refractivity contribution in [1.82, 2.24) is 0 Å². The van der Waals surface area contributed by atoms with Gasteiger partial charge in [0.05, 0.1) is 16.8 Å². The third-order valence-electron chi connectivity index (χ3n) is 2.60. The van der Waals surface area contributed by atoms with Gasteiger partial charge in [0.15, 0.2) is 0 Å². The number of nitrogens with one attached hydrogen (secondary N) is 1. The van der Waals surface area contributed by atoms with E-state index >= 15 is 0 Å². The quantitative estimate of drug-likeness (QED) is 0.393. The van der Waals surface area contributed by atoms with Crippen LogP contribution in [0.4, 0.5) is 11.4 Å². The van der Waals surface area contributed by atoms with Crippen molar-refractivity contribution >= 4 is 29.4 Å². The Balaban J connectivity index is 1.96. The van der Waals surface area contributed by atoms with Gasteiger partial charge in [0.2, 0.25) is 0 Å². The van der Waals surface area contributed by atoms with Crippen molar-refractivity contribution in [2.24, 2.45) is 5.10 Å². The third-order valence-corrected chi connectivity index (χ3v) is 3.34. The van der Waals surface area contributed by atoms with Crippen LogP contribution in [-0.2, 0) is 0 Å². The molecule has 5 nitrogen and oxygen atoms in total. The number of hydrogen-bond acceptors (Lipinski definition) is 5. The number of anilines is 1. The first-order valence-electron chi connectivity index (χ1n) is 5.86. The van der Waals surface area contributed by atoms with Gasteiger partial charge in [-0.05, 0) is 36.1 Å². The lowest BCUT2D eigenvalue weighted by Crippen LogP contribution is -1.92. The van der Waals surface area contributed by atoms with E-state index in [4.69, 9.17) is 0 Å². The summed E-state index contributed by atoms with van der Waals surface area (Å²) in [4.78, 5) is 11.3. The lowest BCUT2D eigenvalue weighted by Gasteiger charge is -2.00. The van der Waals surface area contributed by atoms with E-state index in [2.05, 4.69) is 10.5 Å². The van der Waals surface area contributed by atoms with Gasteiger partial charge in [-0.15, -0.1) is 11.8 Å². The maximum atomic E-state index is 10.5. The van der Waals surface area contributed by atoms with Crippen LogP contribution >= 0.6 is 11.8 Å². The van der Waals surface area contributed by atoms with Crippen LogP contribution in [-0.4, -0.2) is 17.4 Å². The van der Waals surface area contributed by atoms with Gasteiger partial charge in [-0.2, -0.15) is 5.10 Å².